The number of hydrogen-bond donors (Lipinski definition) is 1. The predicted octanol–water partition coefficient (Wildman–Crippen LogP) is 5.41. The first-order valence-corrected chi connectivity index (χ1v) is 13.9. The van der Waals surface area contributed by atoms with Crippen LogP contribution in [-0.4, -0.2) is 62.9 Å². The molecule has 202 valence electrons. The molecule has 0 bridgehead atoms. The Morgan fingerprint density at radius 2 is 2.03 bits per heavy atom. The number of nitrogens with one attached hydrogen (secondary N) is 1. The Kier molecular flexibility index (Phi) is 6.85. The second-order valence-corrected chi connectivity index (χ2v) is 11.6. The molecule has 2 amide bonds. The van der Waals surface area contributed by atoms with Crippen molar-refractivity contribution in [3.8, 4) is 17.3 Å². The number of nitrogens with zero attached hydrogens (tertiary/aromatic N) is 4. The molecule has 10 heteroatoms. The van der Waals surface area contributed by atoms with Gasteiger partial charge in [-0.1, -0.05) is 0 Å². The molecule has 1 aliphatic heterocycles. The van der Waals surface area contributed by atoms with Gasteiger partial charge in [0, 0.05) is 43.7 Å². The summed E-state index contributed by atoms with van der Waals surface area (Å²) in [7, 11) is 3.59. The Morgan fingerprint density at radius 3 is 2.74 bits per heavy atom. The number of amides is 2. The Hall–Kier alpha value is -3.53. The number of rotatable bonds is 5. The van der Waals surface area contributed by atoms with Gasteiger partial charge in [-0.3, -0.25) is 4.79 Å². The number of aromatic nitrogens is 3. The highest BCUT2D eigenvalue weighted by Crippen LogP contribution is 2.35. The summed E-state index contributed by atoms with van der Waals surface area (Å²) in [5, 5.41) is 6.21. The molecule has 1 N–H and O–H groups in total. The maximum absolute atomic E-state index is 13.6. The number of carbonyl (C=O) groups is 2. The van der Waals surface area contributed by atoms with E-state index in [1.807, 2.05) is 38.5 Å². The van der Waals surface area contributed by atoms with Crippen LogP contribution in [0.2, 0.25) is 0 Å². The highest BCUT2D eigenvalue weighted by molar-refractivity contribution is 7.16. The topological polar surface area (TPSA) is 90.6 Å². The normalized spacial score (nSPS) is 16.3. The molecular weight excluding hydrogens is 502 g/mol. The summed E-state index contributed by atoms with van der Waals surface area (Å²) in [6.45, 7) is 9.50. The van der Waals surface area contributed by atoms with Crippen LogP contribution in [0.3, 0.4) is 0 Å². The molecule has 0 spiro atoms. The van der Waals surface area contributed by atoms with Crippen LogP contribution in [-0.2, 0) is 18.3 Å². The number of fused-ring (bicyclic) bond motifs is 2. The number of ether oxygens (including phenoxy) is 2. The third-order valence-corrected chi connectivity index (χ3v) is 7.83. The van der Waals surface area contributed by atoms with Crippen LogP contribution in [0.4, 0.5) is 4.79 Å². The summed E-state index contributed by atoms with van der Waals surface area (Å²) in [5.74, 6) is 1.32. The first-order valence-electron chi connectivity index (χ1n) is 13.0. The molecule has 0 unspecified atom stereocenters. The zero-order valence-electron chi connectivity index (χ0n) is 22.8. The fourth-order valence-electron chi connectivity index (χ4n) is 5.23. The highest BCUT2D eigenvalue weighted by atomic mass is 32.1. The van der Waals surface area contributed by atoms with Crippen molar-refractivity contribution in [2.75, 3.05) is 20.2 Å². The molecule has 0 aliphatic carbocycles. The van der Waals surface area contributed by atoms with Crippen molar-refractivity contribution in [1.29, 1.82) is 0 Å². The quantitative estimate of drug-likeness (QED) is 0.367. The minimum absolute atomic E-state index is 0.106. The molecular formula is C28H35N5O4S. The highest BCUT2D eigenvalue weighted by Gasteiger charge is 2.28. The fourth-order valence-corrected chi connectivity index (χ4v) is 6.19. The molecule has 5 rings (SSSR count). The van der Waals surface area contributed by atoms with Gasteiger partial charge in [0.15, 0.2) is 5.82 Å². The summed E-state index contributed by atoms with van der Waals surface area (Å²) in [4.78, 5) is 33.9. The third-order valence-electron chi connectivity index (χ3n) is 6.88. The molecule has 9 nitrogen and oxygen atoms in total. The van der Waals surface area contributed by atoms with Crippen LogP contribution in [0, 0.1) is 0 Å². The van der Waals surface area contributed by atoms with Gasteiger partial charge in [-0.05, 0) is 70.2 Å². The van der Waals surface area contributed by atoms with Crippen LogP contribution < -0.4 is 10.1 Å². The second-order valence-electron chi connectivity index (χ2n) is 10.7. The van der Waals surface area contributed by atoms with E-state index in [0.29, 0.717) is 29.9 Å². The minimum Gasteiger partial charge on any atom is -0.494 e. The fraction of sp³-hybridized carbons (Fsp3) is 0.464. The first-order chi connectivity index (χ1) is 18.1. The number of carbonyl (C=O) groups excluding carboxylic acids is 2. The number of alkyl carbamates (subject to hydrolysis) is 1. The van der Waals surface area contributed by atoms with Gasteiger partial charge in [0.05, 0.1) is 18.3 Å². The Balaban J connectivity index is 1.44. The van der Waals surface area contributed by atoms with E-state index < -0.39 is 11.7 Å². The second kappa shape index (κ2) is 9.98. The van der Waals surface area contributed by atoms with Gasteiger partial charge in [0.1, 0.15) is 21.7 Å². The van der Waals surface area contributed by atoms with E-state index in [1.165, 1.54) is 10.2 Å². The molecule has 4 heterocycles. The number of imidazole rings is 1. The van der Waals surface area contributed by atoms with Gasteiger partial charge in [0.25, 0.3) is 5.91 Å². The lowest BCUT2D eigenvalue weighted by Gasteiger charge is -2.33. The van der Waals surface area contributed by atoms with Crippen molar-refractivity contribution in [3.63, 3.8) is 0 Å². The lowest BCUT2D eigenvalue weighted by molar-refractivity contribution is 0.0452. The maximum atomic E-state index is 13.6. The van der Waals surface area contributed by atoms with Crippen LogP contribution >= 0.6 is 11.3 Å². The summed E-state index contributed by atoms with van der Waals surface area (Å²) in [5.41, 5.74) is 2.53. The summed E-state index contributed by atoms with van der Waals surface area (Å²) in [6, 6.07) is 7.76. The summed E-state index contributed by atoms with van der Waals surface area (Å²) >= 11 is 1.72. The molecule has 1 aromatic carbocycles. The summed E-state index contributed by atoms with van der Waals surface area (Å²) < 4.78 is 15.5. The van der Waals surface area contributed by atoms with Crippen molar-refractivity contribution in [2.45, 2.75) is 58.7 Å². The number of thiophene rings is 1. The number of benzene rings is 1. The summed E-state index contributed by atoms with van der Waals surface area (Å²) in [6.07, 6.45) is 1.13. The molecule has 0 radical (unpaired) electrons. The zero-order valence-corrected chi connectivity index (χ0v) is 23.6. The molecule has 3 aromatic heterocycles. The number of methoxy groups -OCH3 is 1. The van der Waals surface area contributed by atoms with E-state index in [2.05, 4.69) is 34.3 Å². The van der Waals surface area contributed by atoms with E-state index in [9.17, 15) is 9.59 Å². The van der Waals surface area contributed by atoms with E-state index in [1.54, 1.807) is 29.4 Å². The van der Waals surface area contributed by atoms with Crippen LogP contribution in [0.1, 0.15) is 50.9 Å². The van der Waals surface area contributed by atoms with Gasteiger partial charge in [-0.15, -0.1) is 11.3 Å². The third kappa shape index (κ3) is 4.84. The molecule has 1 aliphatic rings. The molecule has 1 saturated heterocycles. The Morgan fingerprint density at radius 1 is 1.24 bits per heavy atom. The number of likely N-dealkylation sites (tertiary alicyclic amines) is 1. The van der Waals surface area contributed by atoms with Crippen molar-refractivity contribution in [2.24, 2.45) is 7.05 Å². The van der Waals surface area contributed by atoms with Crippen molar-refractivity contribution in [3.05, 3.63) is 35.2 Å². The van der Waals surface area contributed by atoms with Crippen LogP contribution in [0.25, 0.3) is 32.8 Å². The van der Waals surface area contributed by atoms with E-state index in [-0.39, 0.29) is 11.9 Å². The Labute approximate surface area is 226 Å². The van der Waals surface area contributed by atoms with Gasteiger partial charge >= 0.3 is 6.09 Å². The minimum atomic E-state index is -0.573. The van der Waals surface area contributed by atoms with Crippen molar-refractivity contribution >= 4 is 44.6 Å². The molecule has 0 saturated carbocycles. The lowest BCUT2D eigenvalue weighted by atomic mass is 10.0. The van der Waals surface area contributed by atoms with E-state index in [0.717, 1.165) is 36.4 Å². The predicted molar refractivity (Wildman–Crippen MR) is 150 cm³/mol. The standard InChI is InChI=1S/C28H35N5O4S/c1-7-33-21(14-17-10-12-38-26(17)33)24-30-20-13-18(15-22(36-6)23(20)31(24)5)25(34)32-11-8-9-19(16-32)29-27(35)37-28(2,3)4/h10,12-15,19H,7-9,11,16H2,1-6H3,(H,29,35)/t19-/m1/s1. The van der Waals surface area contributed by atoms with E-state index in [4.69, 9.17) is 14.5 Å². The average molecular weight is 538 g/mol. The zero-order chi connectivity index (χ0) is 27.2. The Bertz CT molecular complexity index is 1510. The van der Waals surface area contributed by atoms with Gasteiger partial charge < -0.3 is 28.8 Å². The first kappa shape index (κ1) is 26.1. The largest absolute Gasteiger partial charge is 0.494 e. The van der Waals surface area contributed by atoms with Crippen molar-refractivity contribution < 1.29 is 19.1 Å². The van der Waals surface area contributed by atoms with E-state index >= 15 is 0 Å². The van der Waals surface area contributed by atoms with Gasteiger partial charge in [0.2, 0.25) is 0 Å². The average Bonchev–Trinajstić information content (AvgIpc) is 3.54. The van der Waals surface area contributed by atoms with Crippen LogP contribution in [0.15, 0.2) is 29.6 Å². The van der Waals surface area contributed by atoms with Crippen molar-refractivity contribution in [1.82, 2.24) is 24.3 Å². The van der Waals surface area contributed by atoms with Crippen LogP contribution in [0.5, 0.6) is 5.75 Å². The number of hydrogen-bond acceptors (Lipinski definition) is 6. The maximum Gasteiger partial charge on any atom is 0.407 e. The van der Waals surface area contributed by atoms with Gasteiger partial charge in [-0.2, -0.15) is 0 Å². The number of aryl methyl sites for hydroxylation is 2. The van der Waals surface area contributed by atoms with Gasteiger partial charge in [-0.25, -0.2) is 9.78 Å². The number of piperidine rings is 1. The molecule has 4 aromatic rings. The monoisotopic (exact) mass is 537 g/mol. The lowest BCUT2D eigenvalue weighted by Crippen LogP contribution is -2.50. The molecule has 1 atom stereocenters. The SMILES string of the molecule is CCn1c(-c2nc3cc(C(=O)N4CCC[C@@H](NC(=O)OC(C)(C)C)C4)cc(OC)c3n2C)cc2ccsc21. The molecule has 1 fully saturated rings. The smallest absolute Gasteiger partial charge is 0.407 e. The molecule has 38 heavy (non-hydrogen) atoms.